The highest BCUT2D eigenvalue weighted by Gasteiger charge is 2.44. The summed E-state index contributed by atoms with van der Waals surface area (Å²) in [4.78, 5) is 26.7. The average molecular weight is 282 g/mol. The highest BCUT2D eigenvalue weighted by Crippen LogP contribution is 2.32. The molecule has 0 bridgehead atoms. The van der Waals surface area contributed by atoms with E-state index in [-0.39, 0.29) is 22.8 Å². The van der Waals surface area contributed by atoms with Gasteiger partial charge in [-0.05, 0) is 25.2 Å². The largest absolute Gasteiger partial charge is 0.381 e. The molecule has 0 aromatic carbocycles. The Morgan fingerprint density at radius 1 is 1.25 bits per heavy atom. The lowest BCUT2D eigenvalue weighted by Gasteiger charge is -2.45. The maximum atomic E-state index is 12.9. The lowest BCUT2D eigenvalue weighted by Crippen LogP contribution is -2.59. The van der Waals surface area contributed by atoms with Gasteiger partial charge >= 0.3 is 0 Å². The normalized spacial score (nSPS) is 28.0. The Bertz CT molecular complexity index is 394. The first-order valence-electron chi connectivity index (χ1n) is 7.43. The van der Waals surface area contributed by atoms with Crippen LogP contribution in [-0.2, 0) is 14.3 Å². The summed E-state index contributed by atoms with van der Waals surface area (Å²) in [5.41, 5.74) is -0.470. The number of nitrogens with one attached hydrogen (secondary N) is 1. The van der Waals surface area contributed by atoms with Crippen LogP contribution in [0.4, 0.5) is 0 Å². The van der Waals surface area contributed by atoms with Crippen molar-refractivity contribution >= 4 is 11.8 Å². The zero-order valence-corrected chi connectivity index (χ0v) is 13.0. The molecule has 2 aliphatic rings. The minimum absolute atomic E-state index is 0.0311. The van der Waals surface area contributed by atoms with Gasteiger partial charge in [0.2, 0.25) is 11.8 Å². The van der Waals surface area contributed by atoms with Crippen LogP contribution < -0.4 is 5.32 Å². The summed E-state index contributed by atoms with van der Waals surface area (Å²) in [6.07, 6.45) is 2.06. The monoisotopic (exact) mass is 282 g/mol. The number of hydrogen-bond donors (Lipinski definition) is 1. The minimum atomic E-state index is -0.447. The van der Waals surface area contributed by atoms with Crippen LogP contribution in [0.1, 0.15) is 47.0 Å². The Morgan fingerprint density at radius 3 is 2.40 bits per heavy atom. The highest BCUT2D eigenvalue weighted by atomic mass is 16.5. The number of carbonyl (C=O) groups excluding carboxylic acids is 2. The molecule has 2 rings (SSSR count). The fourth-order valence-electron chi connectivity index (χ4n) is 2.98. The molecule has 0 spiro atoms. The maximum Gasteiger partial charge on any atom is 0.246 e. The molecule has 1 unspecified atom stereocenters. The molecular formula is C15H26N2O3. The predicted octanol–water partition coefficient (Wildman–Crippen LogP) is 1.32. The van der Waals surface area contributed by atoms with Crippen LogP contribution in [0.2, 0.25) is 0 Å². The molecule has 0 saturated carbocycles. The fourth-order valence-corrected chi connectivity index (χ4v) is 2.98. The zero-order valence-electron chi connectivity index (χ0n) is 13.0. The summed E-state index contributed by atoms with van der Waals surface area (Å²) in [5.74, 6) is 0.0178. The molecule has 2 saturated heterocycles. The van der Waals surface area contributed by atoms with E-state index in [9.17, 15) is 9.59 Å². The number of rotatable bonds is 1. The van der Waals surface area contributed by atoms with Gasteiger partial charge < -0.3 is 15.0 Å². The van der Waals surface area contributed by atoms with E-state index in [0.29, 0.717) is 26.2 Å². The number of nitrogens with zero attached hydrogens (tertiary/aromatic N) is 1. The summed E-state index contributed by atoms with van der Waals surface area (Å²) >= 11 is 0. The van der Waals surface area contributed by atoms with Crippen molar-refractivity contribution in [2.75, 3.05) is 19.8 Å². The molecule has 1 N–H and O–H groups in total. The summed E-state index contributed by atoms with van der Waals surface area (Å²) in [7, 11) is 0. The standard InChI is InChI=1S/C15H26N2O3/c1-14(2,3)12-13(19)17(8-5-11(18)16-12)15(4)6-9-20-10-7-15/h12H,5-10H2,1-4H3,(H,16,18). The van der Waals surface area contributed by atoms with Crippen molar-refractivity contribution in [1.82, 2.24) is 10.2 Å². The van der Waals surface area contributed by atoms with Crippen molar-refractivity contribution < 1.29 is 14.3 Å². The molecule has 0 aliphatic carbocycles. The fraction of sp³-hybridized carbons (Fsp3) is 0.867. The van der Waals surface area contributed by atoms with Crippen molar-refractivity contribution in [2.24, 2.45) is 5.41 Å². The Morgan fingerprint density at radius 2 is 1.85 bits per heavy atom. The molecule has 2 heterocycles. The summed E-state index contributed by atoms with van der Waals surface area (Å²) < 4.78 is 5.42. The molecule has 5 nitrogen and oxygen atoms in total. The maximum absolute atomic E-state index is 12.9. The quantitative estimate of drug-likeness (QED) is 0.789. The first kappa shape index (κ1) is 15.3. The third-order valence-electron chi connectivity index (χ3n) is 4.47. The number of carbonyl (C=O) groups is 2. The van der Waals surface area contributed by atoms with Gasteiger partial charge in [-0.25, -0.2) is 0 Å². The zero-order chi connectivity index (χ0) is 15.0. The summed E-state index contributed by atoms with van der Waals surface area (Å²) in [5, 5.41) is 2.89. The SMILES string of the molecule is CC(C)(C)C1NC(=O)CCN(C2(C)CCOCC2)C1=O. The number of ether oxygens (including phenoxy) is 1. The van der Waals surface area contributed by atoms with Crippen molar-refractivity contribution in [1.29, 1.82) is 0 Å². The average Bonchev–Trinajstić information content (AvgIpc) is 2.49. The van der Waals surface area contributed by atoms with Crippen molar-refractivity contribution in [3.63, 3.8) is 0 Å². The van der Waals surface area contributed by atoms with Crippen molar-refractivity contribution in [3.05, 3.63) is 0 Å². The Labute approximate surface area is 121 Å². The van der Waals surface area contributed by atoms with Crippen LogP contribution in [0, 0.1) is 5.41 Å². The van der Waals surface area contributed by atoms with Crippen LogP contribution in [0.25, 0.3) is 0 Å². The molecule has 2 aliphatic heterocycles. The van der Waals surface area contributed by atoms with Crippen LogP contribution in [0.15, 0.2) is 0 Å². The minimum Gasteiger partial charge on any atom is -0.381 e. The molecule has 0 aromatic rings. The van der Waals surface area contributed by atoms with Crippen LogP contribution in [0.3, 0.4) is 0 Å². The van der Waals surface area contributed by atoms with Gasteiger partial charge in [-0.15, -0.1) is 0 Å². The second-order valence-electron chi connectivity index (χ2n) is 7.22. The summed E-state index contributed by atoms with van der Waals surface area (Å²) in [6.45, 7) is 9.96. The first-order valence-corrected chi connectivity index (χ1v) is 7.43. The third kappa shape index (κ3) is 2.97. The Balaban J connectivity index is 2.27. The number of amides is 2. The second kappa shape index (κ2) is 5.35. The molecule has 1 atom stereocenters. The first-order chi connectivity index (χ1) is 9.24. The highest BCUT2D eigenvalue weighted by molar-refractivity contribution is 5.91. The Hall–Kier alpha value is -1.10. The number of hydrogen-bond acceptors (Lipinski definition) is 3. The molecule has 20 heavy (non-hydrogen) atoms. The lowest BCUT2D eigenvalue weighted by atomic mass is 9.83. The van der Waals surface area contributed by atoms with E-state index < -0.39 is 6.04 Å². The molecular weight excluding hydrogens is 256 g/mol. The molecule has 2 amide bonds. The van der Waals surface area contributed by atoms with Crippen LogP contribution in [-0.4, -0.2) is 48.1 Å². The lowest BCUT2D eigenvalue weighted by molar-refractivity contribution is -0.145. The smallest absolute Gasteiger partial charge is 0.246 e. The van der Waals surface area contributed by atoms with E-state index >= 15 is 0 Å². The molecule has 0 aromatic heterocycles. The van der Waals surface area contributed by atoms with Gasteiger partial charge in [0, 0.05) is 31.7 Å². The molecule has 114 valence electrons. The van der Waals surface area contributed by atoms with Crippen LogP contribution >= 0.6 is 0 Å². The predicted molar refractivity (Wildman–Crippen MR) is 76.2 cm³/mol. The van der Waals surface area contributed by atoms with E-state index in [4.69, 9.17) is 4.74 Å². The topological polar surface area (TPSA) is 58.6 Å². The van der Waals surface area contributed by atoms with Gasteiger partial charge in [0.1, 0.15) is 6.04 Å². The molecule has 0 radical (unpaired) electrons. The second-order valence-corrected chi connectivity index (χ2v) is 7.22. The van der Waals surface area contributed by atoms with E-state index in [2.05, 4.69) is 12.2 Å². The van der Waals surface area contributed by atoms with Gasteiger partial charge in [-0.3, -0.25) is 9.59 Å². The van der Waals surface area contributed by atoms with Gasteiger partial charge in [-0.1, -0.05) is 20.8 Å². The van der Waals surface area contributed by atoms with E-state index in [0.717, 1.165) is 12.8 Å². The molecule has 5 heteroatoms. The Kier molecular flexibility index (Phi) is 4.09. The summed E-state index contributed by atoms with van der Waals surface area (Å²) in [6, 6.07) is -0.447. The van der Waals surface area contributed by atoms with Crippen molar-refractivity contribution in [2.45, 2.75) is 58.5 Å². The van der Waals surface area contributed by atoms with Gasteiger partial charge in [0.15, 0.2) is 0 Å². The van der Waals surface area contributed by atoms with Gasteiger partial charge in [-0.2, -0.15) is 0 Å². The van der Waals surface area contributed by atoms with E-state index in [1.165, 1.54) is 0 Å². The van der Waals surface area contributed by atoms with E-state index in [1.807, 2.05) is 25.7 Å². The molecule has 2 fully saturated rings. The van der Waals surface area contributed by atoms with Crippen molar-refractivity contribution in [3.8, 4) is 0 Å². The van der Waals surface area contributed by atoms with Gasteiger partial charge in [0.05, 0.1) is 0 Å². The van der Waals surface area contributed by atoms with Crippen LogP contribution in [0.5, 0.6) is 0 Å². The van der Waals surface area contributed by atoms with Gasteiger partial charge in [0.25, 0.3) is 0 Å². The third-order valence-corrected chi connectivity index (χ3v) is 4.47. The van der Waals surface area contributed by atoms with E-state index in [1.54, 1.807) is 0 Å².